The molecule has 0 saturated heterocycles. The number of primary amides is 1. The molecule has 1 aromatic rings. The normalized spacial score (nSPS) is 23.1. The quantitative estimate of drug-likeness (QED) is 0.802. The second kappa shape index (κ2) is 4.69. The molecule has 0 saturated carbocycles. The highest BCUT2D eigenvalue weighted by Crippen LogP contribution is 2.42. The number of benzene rings is 1. The number of rotatable bonds is 1. The van der Waals surface area contributed by atoms with E-state index in [-0.39, 0.29) is 0 Å². The average molecular weight is 275 g/mol. The van der Waals surface area contributed by atoms with Gasteiger partial charge in [-0.2, -0.15) is 5.26 Å². The number of carbonyl (C=O) groups is 1. The van der Waals surface area contributed by atoms with E-state index in [1.807, 2.05) is 6.07 Å². The molecule has 2 amide bonds. The largest absolute Gasteiger partial charge is 0.485 e. The van der Waals surface area contributed by atoms with Crippen molar-refractivity contribution in [3.05, 3.63) is 29.3 Å². The zero-order valence-corrected chi connectivity index (χ0v) is 11.6. The number of hydrogen-bond acceptors (Lipinski definition) is 4. The van der Waals surface area contributed by atoms with Crippen LogP contribution in [-0.4, -0.2) is 34.8 Å². The van der Waals surface area contributed by atoms with Crippen LogP contribution in [0.25, 0.3) is 0 Å². The number of ether oxygens (including phenoxy) is 1. The Labute approximate surface area is 117 Å². The third-order valence-corrected chi connectivity index (χ3v) is 3.61. The minimum atomic E-state index is -0.957. The van der Waals surface area contributed by atoms with E-state index in [1.54, 1.807) is 32.0 Å². The fraction of sp³-hybridized carbons (Fsp3) is 0.429. The predicted molar refractivity (Wildman–Crippen MR) is 72.0 cm³/mol. The Morgan fingerprint density at radius 1 is 1.55 bits per heavy atom. The molecule has 106 valence electrons. The van der Waals surface area contributed by atoms with Crippen LogP contribution in [0.15, 0.2) is 18.2 Å². The van der Waals surface area contributed by atoms with E-state index < -0.39 is 23.8 Å². The van der Waals surface area contributed by atoms with Crippen molar-refractivity contribution in [2.45, 2.75) is 31.6 Å². The number of likely N-dealkylation sites (N-methyl/N-ethyl adjacent to an activating group) is 1. The van der Waals surface area contributed by atoms with Crippen molar-refractivity contribution in [2.75, 3.05) is 7.05 Å². The molecule has 3 N–H and O–H groups in total. The van der Waals surface area contributed by atoms with Crippen molar-refractivity contribution in [2.24, 2.45) is 5.73 Å². The van der Waals surface area contributed by atoms with Crippen molar-refractivity contribution in [1.29, 1.82) is 5.26 Å². The van der Waals surface area contributed by atoms with E-state index in [0.717, 1.165) is 0 Å². The summed E-state index contributed by atoms with van der Waals surface area (Å²) in [5.74, 6) is 0.539. The maximum Gasteiger partial charge on any atom is 0.315 e. The van der Waals surface area contributed by atoms with E-state index in [4.69, 9.17) is 15.7 Å². The first-order chi connectivity index (χ1) is 9.27. The molecule has 0 spiro atoms. The van der Waals surface area contributed by atoms with Crippen LogP contribution in [0.3, 0.4) is 0 Å². The summed E-state index contributed by atoms with van der Waals surface area (Å²) in [5, 5.41) is 19.5. The molecule has 1 aliphatic rings. The molecule has 2 atom stereocenters. The SMILES string of the molecule is CN(C(N)=O)C1c2cc(C#N)ccc2OC(C)(C)C1O. The molecule has 1 aliphatic heterocycles. The predicted octanol–water partition coefficient (Wildman–Crippen LogP) is 1.14. The number of carbonyl (C=O) groups excluding carboxylic acids is 1. The Hall–Kier alpha value is -2.26. The summed E-state index contributed by atoms with van der Waals surface area (Å²) < 4.78 is 5.75. The molecule has 2 unspecified atom stereocenters. The number of hydrogen-bond donors (Lipinski definition) is 2. The summed E-state index contributed by atoms with van der Waals surface area (Å²) in [6, 6.07) is 5.64. The number of nitrogens with zero attached hydrogens (tertiary/aromatic N) is 2. The summed E-state index contributed by atoms with van der Waals surface area (Å²) in [7, 11) is 1.51. The van der Waals surface area contributed by atoms with Crippen LogP contribution in [-0.2, 0) is 0 Å². The number of fused-ring (bicyclic) bond motifs is 1. The van der Waals surface area contributed by atoms with Gasteiger partial charge in [-0.3, -0.25) is 0 Å². The highest BCUT2D eigenvalue weighted by atomic mass is 16.5. The number of urea groups is 1. The average Bonchev–Trinajstić information content (AvgIpc) is 2.38. The topological polar surface area (TPSA) is 99.6 Å². The van der Waals surface area contributed by atoms with Crippen molar-refractivity contribution in [3.63, 3.8) is 0 Å². The summed E-state index contributed by atoms with van der Waals surface area (Å²) in [6.07, 6.45) is -0.957. The van der Waals surface area contributed by atoms with Gasteiger partial charge in [0.1, 0.15) is 17.5 Å². The van der Waals surface area contributed by atoms with Gasteiger partial charge in [0.2, 0.25) is 0 Å². The Balaban J connectivity index is 2.60. The maximum absolute atomic E-state index is 11.5. The van der Waals surface area contributed by atoms with Gasteiger partial charge in [-0.15, -0.1) is 0 Å². The third-order valence-electron chi connectivity index (χ3n) is 3.61. The van der Waals surface area contributed by atoms with Gasteiger partial charge >= 0.3 is 6.03 Å². The molecule has 0 radical (unpaired) electrons. The van der Waals surface area contributed by atoms with E-state index in [0.29, 0.717) is 16.9 Å². The highest BCUT2D eigenvalue weighted by Gasteiger charge is 2.45. The van der Waals surface area contributed by atoms with Gasteiger partial charge in [-0.05, 0) is 32.0 Å². The molecular weight excluding hydrogens is 258 g/mol. The summed E-state index contributed by atoms with van der Waals surface area (Å²) in [5.41, 5.74) is 5.46. The van der Waals surface area contributed by atoms with E-state index in [2.05, 4.69) is 0 Å². The molecule has 6 heteroatoms. The third kappa shape index (κ3) is 2.17. The smallest absolute Gasteiger partial charge is 0.315 e. The van der Waals surface area contributed by atoms with Gasteiger partial charge in [0.05, 0.1) is 17.7 Å². The summed E-state index contributed by atoms with van der Waals surface area (Å²) in [4.78, 5) is 12.7. The number of aliphatic hydroxyl groups excluding tert-OH is 1. The highest BCUT2D eigenvalue weighted by molar-refractivity contribution is 5.72. The van der Waals surface area contributed by atoms with E-state index in [1.165, 1.54) is 11.9 Å². The van der Waals surface area contributed by atoms with Crippen molar-refractivity contribution >= 4 is 6.03 Å². The van der Waals surface area contributed by atoms with E-state index >= 15 is 0 Å². The van der Waals surface area contributed by atoms with Gasteiger partial charge in [-0.25, -0.2) is 4.79 Å². The fourth-order valence-corrected chi connectivity index (χ4v) is 2.39. The second-order valence-electron chi connectivity index (χ2n) is 5.41. The Morgan fingerprint density at radius 2 is 2.20 bits per heavy atom. The van der Waals surface area contributed by atoms with Crippen LogP contribution in [0.2, 0.25) is 0 Å². The van der Waals surface area contributed by atoms with Crippen molar-refractivity contribution in [3.8, 4) is 11.8 Å². The molecule has 6 nitrogen and oxygen atoms in total. The van der Waals surface area contributed by atoms with Crippen LogP contribution in [0.4, 0.5) is 4.79 Å². The van der Waals surface area contributed by atoms with Crippen LogP contribution in [0, 0.1) is 11.3 Å². The molecule has 0 fully saturated rings. The maximum atomic E-state index is 11.5. The number of nitrogens with two attached hydrogens (primary N) is 1. The second-order valence-corrected chi connectivity index (χ2v) is 5.41. The monoisotopic (exact) mass is 275 g/mol. The van der Waals surface area contributed by atoms with Gasteiger partial charge in [0.15, 0.2) is 0 Å². The lowest BCUT2D eigenvalue weighted by Gasteiger charge is -2.44. The first kappa shape index (κ1) is 14.2. The molecule has 0 aliphatic carbocycles. The van der Waals surface area contributed by atoms with Crippen molar-refractivity contribution in [1.82, 2.24) is 4.90 Å². The molecule has 1 heterocycles. The Kier molecular flexibility index (Phi) is 3.32. The van der Waals surface area contributed by atoms with Crippen LogP contribution >= 0.6 is 0 Å². The zero-order chi connectivity index (χ0) is 15.1. The zero-order valence-electron chi connectivity index (χ0n) is 11.6. The lowest BCUT2D eigenvalue weighted by molar-refractivity contribution is -0.0809. The van der Waals surface area contributed by atoms with E-state index in [9.17, 15) is 9.90 Å². The number of nitriles is 1. The molecule has 0 aromatic heterocycles. The standard InChI is InChI=1S/C14H17N3O3/c1-14(2)12(18)11(17(3)13(16)19)9-6-8(7-15)4-5-10(9)20-14/h4-6,11-12,18H,1-3H3,(H2,16,19). The van der Waals surface area contributed by atoms with Gasteiger partial charge in [-0.1, -0.05) is 0 Å². The lowest BCUT2D eigenvalue weighted by atomic mass is 9.85. The number of amides is 2. The fourth-order valence-electron chi connectivity index (χ4n) is 2.39. The van der Waals surface area contributed by atoms with Crippen LogP contribution in [0.5, 0.6) is 5.75 Å². The van der Waals surface area contributed by atoms with Gasteiger partial charge < -0.3 is 20.5 Å². The summed E-state index contributed by atoms with van der Waals surface area (Å²) in [6.45, 7) is 3.47. The van der Waals surface area contributed by atoms with Crippen LogP contribution < -0.4 is 10.5 Å². The van der Waals surface area contributed by atoms with Crippen LogP contribution in [0.1, 0.15) is 31.0 Å². The number of aliphatic hydroxyl groups is 1. The lowest BCUT2D eigenvalue weighted by Crippen LogP contribution is -2.54. The minimum Gasteiger partial charge on any atom is -0.485 e. The molecule has 0 bridgehead atoms. The van der Waals surface area contributed by atoms with Gasteiger partial charge in [0, 0.05) is 12.6 Å². The Morgan fingerprint density at radius 3 is 2.75 bits per heavy atom. The molecule has 20 heavy (non-hydrogen) atoms. The summed E-state index contributed by atoms with van der Waals surface area (Å²) >= 11 is 0. The molecule has 2 rings (SSSR count). The molecule has 1 aromatic carbocycles. The first-order valence-corrected chi connectivity index (χ1v) is 6.21. The Bertz CT molecular complexity index is 592. The first-order valence-electron chi connectivity index (χ1n) is 6.21. The minimum absolute atomic E-state index is 0.433. The molecular formula is C14H17N3O3. The van der Waals surface area contributed by atoms with Crippen molar-refractivity contribution < 1.29 is 14.6 Å². The van der Waals surface area contributed by atoms with Gasteiger partial charge in [0.25, 0.3) is 0 Å².